The van der Waals surface area contributed by atoms with Gasteiger partial charge in [0.1, 0.15) is 5.57 Å². The second-order valence-electron chi connectivity index (χ2n) is 6.20. The molecule has 4 rings (SSSR count). The Labute approximate surface area is 159 Å². The number of rotatable bonds is 2. The Hall–Kier alpha value is -4.13. The summed E-state index contributed by atoms with van der Waals surface area (Å²) in [4.78, 5) is 38.6. The van der Waals surface area contributed by atoms with E-state index >= 15 is 0 Å². The molecule has 0 spiro atoms. The number of aromatic hydroxyl groups is 2. The molecule has 0 saturated carbocycles. The molecule has 4 amide bonds. The lowest BCUT2D eigenvalue weighted by Gasteiger charge is -2.27. The molecule has 7 heteroatoms. The number of anilines is 1. The highest BCUT2D eigenvalue weighted by atomic mass is 16.3. The third-order valence-electron chi connectivity index (χ3n) is 4.42. The summed E-state index contributed by atoms with van der Waals surface area (Å²) in [7, 11) is 0. The van der Waals surface area contributed by atoms with Crippen molar-refractivity contribution >= 4 is 40.4 Å². The second-order valence-corrected chi connectivity index (χ2v) is 6.20. The van der Waals surface area contributed by atoms with Crippen LogP contribution in [-0.2, 0) is 9.59 Å². The van der Waals surface area contributed by atoms with Gasteiger partial charge in [-0.1, -0.05) is 42.5 Å². The number of carbonyl (C=O) groups excluding carboxylic acids is 3. The van der Waals surface area contributed by atoms with Crippen LogP contribution >= 0.6 is 0 Å². The Morgan fingerprint density at radius 2 is 1.61 bits per heavy atom. The molecule has 28 heavy (non-hydrogen) atoms. The van der Waals surface area contributed by atoms with Gasteiger partial charge >= 0.3 is 6.03 Å². The van der Waals surface area contributed by atoms with Crippen molar-refractivity contribution in [2.75, 3.05) is 4.90 Å². The normalized spacial score (nSPS) is 15.9. The Morgan fingerprint density at radius 3 is 2.39 bits per heavy atom. The van der Waals surface area contributed by atoms with Gasteiger partial charge in [-0.2, -0.15) is 0 Å². The van der Waals surface area contributed by atoms with Gasteiger partial charge in [-0.3, -0.25) is 14.9 Å². The van der Waals surface area contributed by atoms with Gasteiger partial charge in [-0.05, 0) is 35.2 Å². The first kappa shape index (κ1) is 17.3. The smallest absolute Gasteiger partial charge is 0.335 e. The number of carbonyl (C=O) groups is 3. The number of imide groups is 2. The van der Waals surface area contributed by atoms with Crippen molar-refractivity contribution < 1.29 is 24.6 Å². The molecule has 0 unspecified atom stereocenters. The molecule has 0 radical (unpaired) electrons. The minimum atomic E-state index is -0.836. The molecule has 0 aliphatic carbocycles. The molecule has 3 aromatic rings. The Kier molecular flexibility index (Phi) is 4.04. The molecule has 1 fully saturated rings. The van der Waals surface area contributed by atoms with Gasteiger partial charge in [-0.15, -0.1) is 0 Å². The summed E-state index contributed by atoms with van der Waals surface area (Å²) in [5, 5.41) is 22.7. The first-order valence-electron chi connectivity index (χ1n) is 8.37. The van der Waals surface area contributed by atoms with Crippen molar-refractivity contribution in [3.63, 3.8) is 0 Å². The largest absolute Gasteiger partial charge is 0.504 e. The van der Waals surface area contributed by atoms with Gasteiger partial charge in [-0.25, -0.2) is 9.69 Å². The topological polar surface area (TPSA) is 107 Å². The van der Waals surface area contributed by atoms with E-state index in [1.165, 1.54) is 24.3 Å². The van der Waals surface area contributed by atoms with Gasteiger partial charge in [0.15, 0.2) is 11.5 Å². The van der Waals surface area contributed by atoms with Crippen LogP contribution in [0.2, 0.25) is 0 Å². The van der Waals surface area contributed by atoms with Crippen molar-refractivity contribution in [2.45, 2.75) is 0 Å². The third kappa shape index (κ3) is 2.84. The van der Waals surface area contributed by atoms with Crippen molar-refractivity contribution in [3.8, 4) is 11.5 Å². The molecule has 1 aliphatic heterocycles. The Bertz CT molecular complexity index is 1180. The van der Waals surface area contributed by atoms with Crippen molar-refractivity contribution in [1.29, 1.82) is 0 Å². The summed E-state index contributed by atoms with van der Waals surface area (Å²) in [5.41, 5.74) is 0.409. The number of nitrogens with one attached hydrogen (secondary N) is 1. The number of hydrogen-bond acceptors (Lipinski definition) is 5. The average molecular weight is 374 g/mol. The molecule has 1 saturated heterocycles. The van der Waals surface area contributed by atoms with E-state index in [4.69, 9.17) is 0 Å². The van der Waals surface area contributed by atoms with E-state index in [9.17, 15) is 24.6 Å². The van der Waals surface area contributed by atoms with Crippen molar-refractivity contribution in [2.24, 2.45) is 0 Å². The SMILES string of the molecule is O=C1NC(=O)N(c2cccc3ccccc23)C(=O)C1=Cc1ccc(O)c(O)c1. The van der Waals surface area contributed by atoms with Crippen LogP contribution in [0.4, 0.5) is 10.5 Å². The lowest BCUT2D eigenvalue weighted by Crippen LogP contribution is -2.54. The highest BCUT2D eigenvalue weighted by Gasteiger charge is 2.37. The quantitative estimate of drug-likeness (QED) is 0.363. The van der Waals surface area contributed by atoms with Crippen LogP contribution in [0.3, 0.4) is 0 Å². The summed E-state index contributed by atoms with van der Waals surface area (Å²) in [6.45, 7) is 0. The maximum atomic E-state index is 13.0. The van der Waals surface area contributed by atoms with Crippen LogP contribution in [0, 0.1) is 0 Å². The highest BCUT2D eigenvalue weighted by molar-refractivity contribution is 6.40. The molecule has 1 heterocycles. The molecule has 7 nitrogen and oxygen atoms in total. The number of phenols is 2. The first-order chi connectivity index (χ1) is 13.5. The van der Waals surface area contributed by atoms with Crippen LogP contribution < -0.4 is 10.2 Å². The third-order valence-corrected chi connectivity index (χ3v) is 4.42. The summed E-state index contributed by atoms with van der Waals surface area (Å²) >= 11 is 0. The number of urea groups is 1. The molecule has 3 aromatic carbocycles. The molecule has 0 aromatic heterocycles. The molecule has 0 atom stereocenters. The Morgan fingerprint density at radius 1 is 0.857 bits per heavy atom. The molecule has 1 aliphatic rings. The fourth-order valence-electron chi connectivity index (χ4n) is 3.08. The van der Waals surface area contributed by atoms with Gasteiger partial charge in [0.25, 0.3) is 11.8 Å². The van der Waals surface area contributed by atoms with Crippen LogP contribution in [0.15, 0.2) is 66.2 Å². The van der Waals surface area contributed by atoms with Gasteiger partial charge < -0.3 is 10.2 Å². The minimum absolute atomic E-state index is 0.266. The molecular weight excluding hydrogens is 360 g/mol. The summed E-state index contributed by atoms with van der Waals surface area (Å²) in [6, 6.07) is 15.5. The number of phenolic OH excluding ortho intramolecular Hbond substituents is 2. The number of amides is 4. The van der Waals surface area contributed by atoms with Gasteiger partial charge in [0, 0.05) is 5.39 Å². The maximum Gasteiger partial charge on any atom is 0.335 e. The zero-order valence-corrected chi connectivity index (χ0v) is 14.4. The zero-order valence-electron chi connectivity index (χ0n) is 14.4. The molecular formula is C21H14N2O5. The van der Waals surface area contributed by atoms with Gasteiger partial charge in [0.2, 0.25) is 0 Å². The predicted octanol–water partition coefficient (Wildman–Crippen LogP) is 2.92. The van der Waals surface area contributed by atoms with E-state index in [1.54, 1.807) is 24.3 Å². The van der Waals surface area contributed by atoms with Crippen LogP contribution in [0.1, 0.15) is 5.56 Å². The van der Waals surface area contributed by atoms with E-state index < -0.39 is 17.8 Å². The van der Waals surface area contributed by atoms with E-state index in [0.717, 1.165) is 10.3 Å². The molecule has 0 bridgehead atoms. The van der Waals surface area contributed by atoms with E-state index in [0.29, 0.717) is 16.6 Å². The van der Waals surface area contributed by atoms with Gasteiger partial charge in [0.05, 0.1) is 5.69 Å². The minimum Gasteiger partial charge on any atom is -0.504 e. The van der Waals surface area contributed by atoms with Crippen molar-refractivity contribution in [3.05, 3.63) is 71.8 Å². The fraction of sp³-hybridized carbons (Fsp3) is 0. The zero-order chi connectivity index (χ0) is 19.8. The second kappa shape index (κ2) is 6.55. The predicted molar refractivity (Wildman–Crippen MR) is 103 cm³/mol. The number of fused-ring (bicyclic) bond motifs is 1. The molecule has 138 valence electrons. The van der Waals surface area contributed by atoms with Crippen LogP contribution in [0.25, 0.3) is 16.8 Å². The number of barbiturate groups is 1. The highest BCUT2D eigenvalue weighted by Crippen LogP contribution is 2.30. The Balaban J connectivity index is 1.82. The van der Waals surface area contributed by atoms with E-state index in [2.05, 4.69) is 5.32 Å². The van der Waals surface area contributed by atoms with E-state index in [-0.39, 0.29) is 17.1 Å². The van der Waals surface area contributed by atoms with Crippen LogP contribution in [-0.4, -0.2) is 28.1 Å². The first-order valence-corrected chi connectivity index (χ1v) is 8.37. The average Bonchev–Trinajstić information content (AvgIpc) is 2.68. The summed E-state index contributed by atoms with van der Waals surface area (Å²) in [6.07, 6.45) is 1.25. The maximum absolute atomic E-state index is 13.0. The lowest BCUT2D eigenvalue weighted by atomic mass is 10.0. The molecule has 3 N–H and O–H groups in total. The summed E-state index contributed by atoms with van der Waals surface area (Å²) < 4.78 is 0. The van der Waals surface area contributed by atoms with E-state index in [1.807, 2.05) is 18.2 Å². The lowest BCUT2D eigenvalue weighted by molar-refractivity contribution is -0.122. The van der Waals surface area contributed by atoms with Crippen LogP contribution in [0.5, 0.6) is 11.5 Å². The van der Waals surface area contributed by atoms with Crippen molar-refractivity contribution in [1.82, 2.24) is 5.32 Å². The monoisotopic (exact) mass is 374 g/mol. The fourth-order valence-corrected chi connectivity index (χ4v) is 3.08. The number of nitrogens with zero attached hydrogens (tertiary/aromatic N) is 1. The number of benzene rings is 3. The standard InChI is InChI=1S/C21H14N2O5/c24-17-9-8-12(11-18(17)25)10-15-19(26)22-21(28)23(20(15)27)16-7-3-5-13-4-1-2-6-14(13)16/h1-11,24-25H,(H,22,26,28). The summed E-state index contributed by atoms with van der Waals surface area (Å²) in [5.74, 6) is -2.33. The number of hydrogen-bond donors (Lipinski definition) is 3.